The van der Waals surface area contributed by atoms with Crippen molar-refractivity contribution in [2.24, 2.45) is 0 Å². The molecule has 16 heavy (non-hydrogen) atoms. The van der Waals surface area contributed by atoms with E-state index in [1.54, 1.807) is 11.3 Å². The molecule has 84 valence electrons. The number of carbonyl (C=O) groups is 1. The molecule has 0 aromatic carbocycles. The van der Waals surface area contributed by atoms with E-state index in [9.17, 15) is 4.79 Å². The van der Waals surface area contributed by atoms with E-state index < -0.39 is 0 Å². The Balaban J connectivity index is 1.74. The second kappa shape index (κ2) is 3.99. The summed E-state index contributed by atoms with van der Waals surface area (Å²) in [6.45, 7) is 2.39. The van der Waals surface area contributed by atoms with Crippen LogP contribution >= 0.6 is 11.3 Å². The van der Waals surface area contributed by atoms with Crippen LogP contribution in [0.1, 0.15) is 18.5 Å². The van der Waals surface area contributed by atoms with Crippen molar-refractivity contribution in [3.63, 3.8) is 0 Å². The zero-order valence-electron chi connectivity index (χ0n) is 8.93. The van der Waals surface area contributed by atoms with Gasteiger partial charge in [0.15, 0.2) is 4.96 Å². The molecular weight excluding hydrogens is 222 g/mol. The highest BCUT2D eigenvalue weighted by atomic mass is 32.1. The fourth-order valence-electron chi connectivity index (χ4n) is 2.12. The van der Waals surface area contributed by atoms with Gasteiger partial charge >= 0.3 is 0 Å². The minimum absolute atomic E-state index is 0.354. The van der Waals surface area contributed by atoms with Gasteiger partial charge in [0.1, 0.15) is 5.78 Å². The van der Waals surface area contributed by atoms with Crippen LogP contribution in [-0.2, 0) is 11.3 Å². The number of ketones is 1. The third-order valence-corrected chi connectivity index (χ3v) is 3.63. The van der Waals surface area contributed by atoms with Crippen LogP contribution in [0.5, 0.6) is 0 Å². The Morgan fingerprint density at radius 2 is 2.44 bits per heavy atom. The number of thiazole rings is 1. The van der Waals surface area contributed by atoms with Gasteiger partial charge in [-0.05, 0) is 13.0 Å². The van der Waals surface area contributed by atoms with Crippen molar-refractivity contribution in [3.8, 4) is 0 Å². The molecule has 4 nitrogen and oxygen atoms in total. The number of Topliss-reactive ketones (excluding diaryl/α,β-unsaturated/α-hetero) is 1. The van der Waals surface area contributed by atoms with Crippen LogP contribution in [0.4, 0.5) is 0 Å². The number of piperidine rings is 1. The third-order valence-electron chi connectivity index (χ3n) is 2.86. The largest absolute Gasteiger partial charge is 0.298 e. The summed E-state index contributed by atoms with van der Waals surface area (Å²) in [7, 11) is 0. The fraction of sp³-hybridized carbons (Fsp3) is 0.455. The van der Waals surface area contributed by atoms with Gasteiger partial charge in [-0.15, -0.1) is 11.3 Å². The number of nitrogens with zero attached hydrogens (tertiary/aromatic N) is 3. The Kier molecular flexibility index (Phi) is 2.49. The Morgan fingerprint density at radius 1 is 1.50 bits per heavy atom. The van der Waals surface area contributed by atoms with E-state index in [-0.39, 0.29) is 0 Å². The molecule has 0 bridgehead atoms. The van der Waals surface area contributed by atoms with E-state index in [0.29, 0.717) is 12.3 Å². The zero-order chi connectivity index (χ0) is 11.0. The number of fused-ring (bicyclic) bond motifs is 1. The van der Waals surface area contributed by atoms with Gasteiger partial charge in [0.25, 0.3) is 0 Å². The Labute approximate surface area is 97.5 Å². The van der Waals surface area contributed by atoms with Gasteiger partial charge < -0.3 is 0 Å². The van der Waals surface area contributed by atoms with Gasteiger partial charge in [-0.3, -0.25) is 14.1 Å². The average Bonchev–Trinajstić information content (AvgIpc) is 2.77. The van der Waals surface area contributed by atoms with E-state index in [2.05, 4.69) is 9.88 Å². The van der Waals surface area contributed by atoms with Crippen LogP contribution in [0.2, 0.25) is 0 Å². The lowest BCUT2D eigenvalue weighted by Gasteiger charge is -2.24. The summed E-state index contributed by atoms with van der Waals surface area (Å²) in [6.07, 6.45) is 5.79. The second-order valence-electron chi connectivity index (χ2n) is 4.18. The molecule has 3 rings (SSSR count). The summed E-state index contributed by atoms with van der Waals surface area (Å²) in [4.78, 5) is 19.0. The Hall–Kier alpha value is -1.20. The molecule has 0 saturated carbocycles. The molecule has 0 radical (unpaired) electrons. The minimum atomic E-state index is 0.354. The van der Waals surface area contributed by atoms with Crippen LogP contribution in [0.25, 0.3) is 4.96 Å². The molecule has 1 aliphatic rings. The van der Waals surface area contributed by atoms with Gasteiger partial charge in [-0.1, -0.05) is 0 Å². The summed E-state index contributed by atoms with van der Waals surface area (Å²) in [5.41, 5.74) is 1.06. The molecule has 0 N–H and O–H groups in total. The van der Waals surface area contributed by atoms with Crippen molar-refractivity contribution in [3.05, 3.63) is 23.5 Å². The van der Waals surface area contributed by atoms with Crippen molar-refractivity contribution in [1.29, 1.82) is 0 Å². The maximum absolute atomic E-state index is 11.3. The van der Waals surface area contributed by atoms with E-state index in [1.165, 1.54) is 0 Å². The predicted molar refractivity (Wildman–Crippen MR) is 62.6 cm³/mol. The maximum Gasteiger partial charge on any atom is 0.193 e. The molecule has 2 aromatic rings. The SMILES string of the molecule is O=C1CCCN(Cc2cn3ccsc3n2)C1. The number of imidazole rings is 1. The van der Waals surface area contributed by atoms with Gasteiger partial charge in [-0.2, -0.15) is 0 Å². The number of carbonyl (C=O) groups excluding carboxylic acids is 1. The summed E-state index contributed by atoms with van der Waals surface area (Å²) >= 11 is 1.64. The topological polar surface area (TPSA) is 37.6 Å². The zero-order valence-corrected chi connectivity index (χ0v) is 9.74. The van der Waals surface area contributed by atoms with Crippen molar-refractivity contribution >= 4 is 22.1 Å². The summed E-state index contributed by atoms with van der Waals surface area (Å²) < 4.78 is 2.03. The lowest BCUT2D eigenvalue weighted by Crippen LogP contribution is -2.35. The molecule has 2 aromatic heterocycles. The Bertz CT molecular complexity index is 488. The number of hydrogen-bond acceptors (Lipinski definition) is 4. The first-order chi connectivity index (χ1) is 7.81. The van der Waals surface area contributed by atoms with Crippen LogP contribution in [0, 0.1) is 0 Å². The molecule has 1 saturated heterocycles. The minimum Gasteiger partial charge on any atom is -0.298 e. The summed E-state index contributed by atoms with van der Waals surface area (Å²) in [5.74, 6) is 0.354. The lowest BCUT2D eigenvalue weighted by molar-refractivity contribution is -0.122. The quantitative estimate of drug-likeness (QED) is 0.792. The van der Waals surface area contributed by atoms with Gasteiger partial charge in [0.05, 0.1) is 12.2 Å². The predicted octanol–water partition coefficient (Wildman–Crippen LogP) is 1.56. The lowest BCUT2D eigenvalue weighted by atomic mass is 10.1. The molecule has 0 spiro atoms. The van der Waals surface area contributed by atoms with Crippen molar-refractivity contribution in [2.75, 3.05) is 13.1 Å². The highest BCUT2D eigenvalue weighted by Crippen LogP contribution is 2.14. The van der Waals surface area contributed by atoms with Crippen molar-refractivity contribution in [1.82, 2.24) is 14.3 Å². The molecule has 1 aliphatic heterocycles. The first-order valence-electron chi connectivity index (χ1n) is 5.46. The number of rotatable bonds is 2. The average molecular weight is 235 g/mol. The molecule has 3 heterocycles. The van der Waals surface area contributed by atoms with Gasteiger partial charge in [0, 0.05) is 30.7 Å². The van der Waals surface area contributed by atoms with Crippen LogP contribution in [0.15, 0.2) is 17.8 Å². The summed E-state index contributed by atoms with van der Waals surface area (Å²) in [5, 5.41) is 2.02. The molecule has 0 amide bonds. The second-order valence-corrected chi connectivity index (χ2v) is 5.05. The fourth-order valence-corrected chi connectivity index (χ4v) is 2.84. The number of aromatic nitrogens is 2. The van der Waals surface area contributed by atoms with E-state index in [0.717, 1.165) is 36.6 Å². The smallest absolute Gasteiger partial charge is 0.193 e. The monoisotopic (exact) mass is 235 g/mol. The van der Waals surface area contributed by atoms with E-state index in [4.69, 9.17) is 0 Å². The normalized spacial score (nSPS) is 18.4. The van der Waals surface area contributed by atoms with Crippen LogP contribution < -0.4 is 0 Å². The Morgan fingerprint density at radius 3 is 3.25 bits per heavy atom. The highest BCUT2D eigenvalue weighted by molar-refractivity contribution is 7.15. The van der Waals surface area contributed by atoms with Gasteiger partial charge in [0.2, 0.25) is 0 Å². The van der Waals surface area contributed by atoms with E-state index >= 15 is 0 Å². The van der Waals surface area contributed by atoms with Gasteiger partial charge in [-0.25, -0.2) is 4.98 Å². The molecule has 5 heteroatoms. The molecule has 0 atom stereocenters. The molecule has 1 fully saturated rings. The number of hydrogen-bond donors (Lipinski definition) is 0. The van der Waals surface area contributed by atoms with E-state index in [1.807, 2.05) is 22.2 Å². The third kappa shape index (κ3) is 1.88. The first-order valence-corrected chi connectivity index (χ1v) is 6.34. The number of likely N-dealkylation sites (tertiary alicyclic amines) is 1. The highest BCUT2D eigenvalue weighted by Gasteiger charge is 2.17. The molecule has 0 aliphatic carbocycles. The first kappa shape index (κ1) is 9.99. The van der Waals surface area contributed by atoms with Crippen LogP contribution in [0.3, 0.4) is 0 Å². The molecule has 0 unspecified atom stereocenters. The maximum atomic E-state index is 11.3. The van der Waals surface area contributed by atoms with Crippen LogP contribution in [-0.4, -0.2) is 33.2 Å². The molecular formula is C11H13N3OS. The summed E-state index contributed by atoms with van der Waals surface area (Å²) in [6, 6.07) is 0. The van der Waals surface area contributed by atoms with Crippen molar-refractivity contribution in [2.45, 2.75) is 19.4 Å². The van der Waals surface area contributed by atoms with Crippen molar-refractivity contribution < 1.29 is 4.79 Å². The standard InChI is InChI=1S/C11H13N3OS/c15-10-2-1-3-13(8-10)6-9-7-14-4-5-16-11(14)12-9/h4-5,7H,1-3,6,8H2.